The number of aliphatic hydroxyl groups is 7. The lowest BCUT2D eigenvalue weighted by Gasteiger charge is -2.69. The first-order valence-corrected chi connectivity index (χ1v) is 43.9. The lowest BCUT2D eigenvalue weighted by molar-refractivity contribution is -0.248. The molecule has 2 unspecified atom stereocenters. The van der Waals surface area contributed by atoms with E-state index in [-0.39, 0.29) is 91.1 Å². The number of aliphatic hydroxyl groups excluding tert-OH is 7. The first-order chi connectivity index (χ1) is 59.1. The molecule has 14 atom stereocenters. The Morgan fingerprint density at radius 3 is 2.21 bits per heavy atom. The molecule has 3 aromatic carbocycles. The largest absolute Gasteiger partial charge is 0.479 e. The van der Waals surface area contributed by atoms with Crippen molar-refractivity contribution >= 4 is 108 Å². The highest BCUT2D eigenvalue weighted by Gasteiger charge is 2.66. The fraction of sp³-hybridized carbons (Fsp3) is 0.541. The lowest BCUT2D eigenvalue weighted by Crippen LogP contribution is -2.64. The summed E-state index contributed by atoms with van der Waals surface area (Å²) in [6.45, 7) is 8.68. The predicted molar refractivity (Wildman–Crippen MR) is 447 cm³/mol. The summed E-state index contributed by atoms with van der Waals surface area (Å²) >= 11 is 1.38. The molecule has 0 radical (unpaired) electrons. The number of thiazole rings is 1. The molecule has 40 heteroatoms. The number of fused-ring (bicyclic) bond motifs is 2. The van der Waals surface area contributed by atoms with Crippen molar-refractivity contribution in [1.82, 2.24) is 45.1 Å². The summed E-state index contributed by atoms with van der Waals surface area (Å²) in [5, 5.41) is 111. The van der Waals surface area contributed by atoms with E-state index in [1.807, 2.05) is 52.9 Å². The van der Waals surface area contributed by atoms with Gasteiger partial charge in [-0.2, -0.15) is 13.5 Å². The van der Waals surface area contributed by atoms with Gasteiger partial charge in [0.1, 0.15) is 61.1 Å². The molecule has 8 aliphatic rings. The van der Waals surface area contributed by atoms with Crippen LogP contribution in [0.5, 0.6) is 0 Å². The Labute approximate surface area is 723 Å². The van der Waals surface area contributed by atoms with Crippen molar-refractivity contribution in [3.63, 3.8) is 0 Å². The highest BCUT2D eigenvalue weighted by molar-refractivity contribution is 7.85. The number of hydrogen-bond acceptors (Lipinski definition) is 28. The maximum absolute atomic E-state index is 14.7. The molecular formula is C85H106N12O26S2. The Morgan fingerprint density at radius 2 is 1.52 bits per heavy atom. The molecule has 6 fully saturated rings. The molecule has 38 nitrogen and oxygen atoms in total. The molecule has 14 N–H and O–H groups in total. The average molecular weight is 1780 g/mol. The van der Waals surface area contributed by atoms with Gasteiger partial charge in [0.15, 0.2) is 16.9 Å². The molecule has 0 spiro atoms. The van der Waals surface area contributed by atoms with E-state index in [4.69, 9.17) is 29.0 Å². The molecule has 4 aliphatic heterocycles. The minimum atomic E-state index is -4.45. The molecule has 6 aromatic rings. The highest BCUT2D eigenvalue weighted by atomic mass is 32.2. The van der Waals surface area contributed by atoms with Crippen LogP contribution in [0.2, 0.25) is 0 Å². The number of aromatic carboxylic acids is 1. The number of para-hydroxylation sites is 1. The van der Waals surface area contributed by atoms with E-state index in [9.17, 15) is 107 Å². The van der Waals surface area contributed by atoms with Crippen molar-refractivity contribution in [2.45, 2.75) is 210 Å². The normalized spacial score (nSPS) is 25.8. The van der Waals surface area contributed by atoms with Crippen LogP contribution in [0.25, 0.3) is 21.3 Å². The van der Waals surface area contributed by atoms with E-state index in [0.29, 0.717) is 83.4 Å². The molecule has 4 aliphatic carbocycles. The van der Waals surface area contributed by atoms with Crippen LogP contribution in [0.3, 0.4) is 0 Å². The smallest absolute Gasteiger partial charge is 0.410 e. The number of hydrogen-bond donors (Lipinski definition) is 14. The number of carbonyl (C=O) groups is 10. The fourth-order valence-electron chi connectivity index (χ4n) is 20.0. The zero-order valence-corrected chi connectivity index (χ0v) is 71.5. The number of carboxylic acid groups (broad SMARTS) is 2. The van der Waals surface area contributed by atoms with Crippen molar-refractivity contribution in [2.75, 3.05) is 73.9 Å². The minimum Gasteiger partial charge on any atom is -0.479 e. The second-order valence-electron chi connectivity index (χ2n) is 35.1. The number of aromatic nitrogens is 4. The number of nitrogens with one attached hydrogen (secondary N) is 4. The van der Waals surface area contributed by atoms with Crippen molar-refractivity contribution in [2.24, 2.45) is 22.2 Å². The lowest BCUT2D eigenvalue weighted by atomic mass is 9.39. The standard InChI is InChI=1S/C85H106N12O26S2/c1-45(2)67(91-64(101)34-95-52(37-120-28-29-125(117,118)119)31-58(77(95)111)97-65(102)20-21-66(97)103)76(110)87-46(3)74(108)88-51-16-14-50(49(30-51)15-18-61-70(105)71(106)72(107)73(123-61)79(114)115)36-121-81(116)93(25-23-59(99)69(104)60(100)35-98)26-27-122-85-41-82(5)38-83(6,42-85)40-84(39-82,43-85)44-96-47(4)55(32-86-96)53-17-19-63(90-68(53)78(112)113)94-24-22-48-10-9-11-54(56(48)33-94)75(109)92-80-89-57-12-7-8-13-62(57)124-80/h7-14,16-17,19-21,30,32,45-46,52,58-61,67,69-73,98-100,104-107H,15,18,22-29,31,33-44H2,1-6H3,(H,87,110)(H,88,108)(H,91,101)(H,112,113)(H,114,115)(H,89,92,109)(H,117,118,119)/t46-,52-,58-,59+,60+,61-,67-,69-,70-,71+,72-,73-,82?,83?,84?,85?/m0/s1. The van der Waals surface area contributed by atoms with Gasteiger partial charge in [-0.05, 0) is 165 Å². The second kappa shape index (κ2) is 37.7. The van der Waals surface area contributed by atoms with Crippen molar-refractivity contribution in [3.8, 4) is 11.1 Å². The van der Waals surface area contributed by atoms with Gasteiger partial charge in [0.05, 0.1) is 79.0 Å². The highest BCUT2D eigenvalue weighted by Crippen LogP contribution is 2.72. The van der Waals surface area contributed by atoms with E-state index in [1.165, 1.54) is 41.4 Å². The van der Waals surface area contributed by atoms with Crippen LogP contribution in [-0.4, -0.2) is 290 Å². The van der Waals surface area contributed by atoms with E-state index in [1.54, 1.807) is 38.2 Å². The number of carboxylic acids is 2. The van der Waals surface area contributed by atoms with E-state index < -0.39 is 180 Å². The number of anilines is 3. The first-order valence-electron chi connectivity index (χ1n) is 41.5. The van der Waals surface area contributed by atoms with Gasteiger partial charge in [0, 0.05) is 79.4 Å². The zero-order valence-electron chi connectivity index (χ0n) is 69.8. The SMILES string of the molecule is Cc1c(-c2ccc(N3CCc4cccc(C(=O)Nc5nc6ccccc6s5)c4C3)nc2C(=O)O)cnn1CC12CC3(C)CC(C)(C1)CC(OCCN(CC[C@@H](O)[C@H](O)[C@H](O)CO)C(=O)OCc1ccc(NC(=O)[C@H](C)NC(=O)[C@@H](NC(=O)CN4C(=O)[C@@H](N5C(=O)C=CC5=O)C[C@H]4COCCS(=O)(=O)O)C(C)C)cc1CC[C@@H]1O[C@H](C(=O)O)[C@@H](O)[C@H](O)[C@H]1O)(C3)C2. The molecule has 674 valence electrons. The minimum absolute atomic E-state index is 0.0577. The molecular weight excluding hydrogens is 1670 g/mol. The van der Waals surface area contributed by atoms with Crippen LogP contribution in [-0.2, 0) is 95.2 Å². The summed E-state index contributed by atoms with van der Waals surface area (Å²) < 4.78 is 59.0. The topological polar surface area (TPSA) is 549 Å². The molecule has 7 heterocycles. The number of amides is 8. The Hall–Kier alpha value is -10.3. The van der Waals surface area contributed by atoms with Crippen molar-refractivity contribution in [1.29, 1.82) is 0 Å². The van der Waals surface area contributed by atoms with Gasteiger partial charge >= 0.3 is 18.0 Å². The Balaban J connectivity index is 0.681. The summed E-state index contributed by atoms with van der Waals surface area (Å²) in [6, 6.07) is 16.1. The van der Waals surface area contributed by atoms with E-state index >= 15 is 0 Å². The summed E-state index contributed by atoms with van der Waals surface area (Å²) in [5.74, 6) is -9.14. The fourth-order valence-corrected chi connectivity index (χ4v) is 21.2. The number of imide groups is 1. The van der Waals surface area contributed by atoms with Gasteiger partial charge in [-0.25, -0.2) is 24.4 Å². The number of benzene rings is 3. The van der Waals surface area contributed by atoms with Crippen molar-refractivity contribution in [3.05, 3.63) is 130 Å². The van der Waals surface area contributed by atoms with Crippen LogP contribution in [0.4, 0.5) is 21.4 Å². The van der Waals surface area contributed by atoms with Crippen LogP contribution in [0.15, 0.2) is 91.1 Å². The maximum Gasteiger partial charge on any atom is 0.410 e. The third-order valence-corrected chi connectivity index (χ3v) is 26.6. The molecule has 14 rings (SSSR count). The van der Waals surface area contributed by atoms with Crippen LogP contribution in [0, 0.1) is 29.1 Å². The van der Waals surface area contributed by atoms with Gasteiger partial charge in [-0.15, -0.1) is 0 Å². The van der Waals surface area contributed by atoms with E-state index in [0.717, 1.165) is 63.4 Å². The van der Waals surface area contributed by atoms with Crippen LogP contribution < -0.4 is 26.2 Å². The van der Waals surface area contributed by atoms with Crippen molar-refractivity contribution < 1.29 is 126 Å². The molecule has 4 saturated carbocycles. The van der Waals surface area contributed by atoms with Gasteiger partial charge < -0.3 is 95.6 Å². The van der Waals surface area contributed by atoms with Crippen LogP contribution >= 0.6 is 11.3 Å². The molecule has 2 saturated heterocycles. The summed E-state index contributed by atoms with van der Waals surface area (Å²) in [6.07, 6.45) is -7.51. The number of ether oxygens (including phenoxy) is 4. The molecule has 4 bridgehead atoms. The van der Waals surface area contributed by atoms with Gasteiger partial charge in [-0.3, -0.25) is 53.0 Å². The number of pyridine rings is 1. The third kappa shape index (κ3) is 20.9. The molecule has 3 aromatic heterocycles. The number of rotatable bonds is 37. The van der Waals surface area contributed by atoms with Gasteiger partial charge in [-0.1, -0.05) is 69.4 Å². The Kier molecular flexibility index (Phi) is 27.8. The summed E-state index contributed by atoms with van der Waals surface area (Å²) in [4.78, 5) is 150. The van der Waals surface area contributed by atoms with Gasteiger partial charge in [0.25, 0.3) is 27.8 Å². The number of aliphatic carboxylic acids is 1. The predicted octanol–water partition coefficient (Wildman–Crippen LogP) is 2.87. The summed E-state index contributed by atoms with van der Waals surface area (Å²) in [5.41, 5.74) is 3.70. The van der Waals surface area contributed by atoms with E-state index in [2.05, 4.69) is 40.1 Å². The Morgan fingerprint density at radius 1 is 0.792 bits per heavy atom. The zero-order chi connectivity index (χ0) is 90.1. The third-order valence-electron chi connectivity index (χ3n) is 24.9. The molecule has 125 heavy (non-hydrogen) atoms. The number of likely N-dealkylation sites (tertiary alicyclic amines) is 1. The Bertz CT molecular complexity index is 5210. The average Bonchev–Trinajstić information content (AvgIpc) is 1.10. The molecule has 8 amide bonds. The maximum atomic E-state index is 14.7. The van der Waals surface area contributed by atoms with Gasteiger partial charge in [0.2, 0.25) is 23.6 Å². The number of aryl methyl sites for hydroxylation is 1. The number of carbonyl (C=O) groups excluding carboxylic acids is 8. The summed E-state index contributed by atoms with van der Waals surface area (Å²) in [7, 11) is -4.45. The van der Waals surface area contributed by atoms with Crippen LogP contribution in [0.1, 0.15) is 141 Å². The number of nitrogens with zero attached hydrogens (tertiary/aromatic N) is 8. The second-order valence-corrected chi connectivity index (χ2v) is 37.7. The quantitative estimate of drug-likeness (QED) is 0.0151. The first kappa shape index (κ1) is 92.3. The monoisotopic (exact) mass is 1770 g/mol.